The van der Waals surface area contributed by atoms with Crippen LogP contribution in [0.2, 0.25) is 0 Å². The van der Waals surface area contributed by atoms with E-state index < -0.39 is 10.0 Å². The van der Waals surface area contributed by atoms with Gasteiger partial charge in [0.15, 0.2) is 0 Å². The quantitative estimate of drug-likeness (QED) is 0.791. The van der Waals surface area contributed by atoms with Crippen molar-refractivity contribution in [3.63, 3.8) is 0 Å². The number of benzene rings is 1. The summed E-state index contributed by atoms with van der Waals surface area (Å²) in [5, 5.41) is -0.293. The van der Waals surface area contributed by atoms with Crippen LogP contribution in [0.5, 0.6) is 0 Å². The Morgan fingerprint density at radius 2 is 1.95 bits per heavy atom. The maximum Gasteiger partial charge on any atom is 0.235 e. The fourth-order valence-corrected chi connectivity index (χ4v) is 4.70. The summed E-state index contributed by atoms with van der Waals surface area (Å²) >= 11 is 8.25. The van der Waals surface area contributed by atoms with E-state index in [9.17, 15) is 8.42 Å². The van der Waals surface area contributed by atoms with Crippen LogP contribution in [0.1, 0.15) is 37.7 Å². The molecule has 0 saturated heterocycles. The molecule has 1 aromatic rings. The Kier molecular flexibility index (Phi) is 5.04. The first-order chi connectivity index (χ1) is 9.40. The summed E-state index contributed by atoms with van der Waals surface area (Å²) in [4.78, 5) is 0.285. The van der Waals surface area contributed by atoms with Crippen molar-refractivity contribution in [2.45, 2.75) is 37.4 Å². The Morgan fingerprint density at radius 1 is 1.30 bits per heavy atom. The third-order valence-electron chi connectivity index (χ3n) is 3.50. The minimum atomic E-state index is -3.34. The summed E-state index contributed by atoms with van der Waals surface area (Å²) in [7, 11) is -3.34. The highest BCUT2D eigenvalue weighted by Crippen LogP contribution is 2.29. The first-order valence-electron chi connectivity index (χ1n) is 6.51. The minimum absolute atomic E-state index is 0.285. The number of hydrogen-bond acceptors (Lipinski definition) is 3. The summed E-state index contributed by atoms with van der Waals surface area (Å²) < 4.78 is 28.0. The lowest BCUT2D eigenvalue weighted by atomic mass is 10.0. The molecule has 4 nitrogen and oxygen atoms in total. The van der Waals surface area contributed by atoms with Gasteiger partial charge in [-0.1, -0.05) is 31.5 Å². The molecule has 3 N–H and O–H groups in total. The first kappa shape index (κ1) is 15.7. The van der Waals surface area contributed by atoms with Gasteiger partial charge >= 0.3 is 0 Å². The number of thiocarbonyl (C=S) groups is 1. The minimum Gasteiger partial charge on any atom is -0.389 e. The molecule has 2 rings (SSSR count). The fourth-order valence-electron chi connectivity index (χ4n) is 2.36. The summed E-state index contributed by atoms with van der Waals surface area (Å²) in [5.74, 6) is 0. The van der Waals surface area contributed by atoms with Crippen LogP contribution < -0.4 is 10.5 Å². The van der Waals surface area contributed by atoms with Gasteiger partial charge in [-0.2, -0.15) is 0 Å². The number of sulfonamides is 1. The largest absolute Gasteiger partial charge is 0.389 e. The van der Waals surface area contributed by atoms with Crippen molar-refractivity contribution in [2.24, 2.45) is 5.73 Å². The van der Waals surface area contributed by atoms with Gasteiger partial charge in [0.25, 0.3) is 0 Å². The molecule has 0 radical (unpaired) electrons. The maximum atomic E-state index is 12.3. The SMILES string of the molecule is NC(=S)c1ccc(NS(=O)(=O)C2CCCCC2)c(Br)c1. The first-order valence-corrected chi connectivity index (χ1v) is 9.26. The Balaban J connectivity index is 2.18. The van der Waals surface area contributed by atoms with E-state index in [-0.39, 0.29) is 10.2 Å². The van der Waals surface area contributed by atoms with Crippen molar-refractivity contribution in [3.8, 4) is 0 Å². The van der Waals surface area contributed by atoms with Crippen LogP contribution in [0.15, 0.2) is 22.7 Å². The van der Waals surface area contributed by atoms with Gasteiger partial charge in [-0.05, 0) is 47.0 Å². The molecule has 20 heavy (non-hydrogen) atoms. The molecule has 0 atom stereocenters. The zero-order valence-corrected chi connectivity index (χ0v) is 14.2. The van der Waals surface area contributed by atoms with Gasteiger partial charge in [0.05, 0.1) is 10.9 Å². The summed E-state index contributed by atoms with van der Waals surface area (Å²) in [5.41, 5.74) is 6.77. The molecule has 1 saturated carbocycles. The maximum absolute atomic E-state index is 12.3. The van der Waals surface area contributed by atoms with Gasteiger partial charge < -0.3 is 5.73 Å². The smallest absolute Gasteiger partial charge is 0.235 e. The van der Waals surface area contributed by atoms with Gasteiger partial charge in [-0.25, -0.2) is 8.42 Å². The van der Waals surface area contributed by atoms with E-state index in [4.69, 9.17) is 18.0 Å². The number of halogens is 1. The second-order valence-corrected chi connectivity index (χ2v) is 8.22. The average Bonchev–Trinajstić information content (AvgIpc) is 2.41. The lowest BCUT2D eigenvalue weighted by Gasteiger charge is -2.22. The van der Waals surface area contributed by atoms with E-state index in [1.807, 2.05) is 0 Å². The molecule has 1 aliphatic rings. The lowest BCUT2D eigenvalue weighted by molar-refractivity contribution is 0.486. The molecule has 0 aromatic heterocycles. The van der Waals surface area contributed by atoms with E-state index in [0.717, 1.165) is 32.1 Å². The van der Waals surface area contributed by atoms with Crippen LogP contribution in [-0.4, -0.2) is 18.7 Å². The van der Waals surface area contributed by atoms with Gasteiger partial charge in [-0.15, -0.1) is 0 Å². The molecule has 0 bridgehead atoms. The number of anilines is 1. The molecule has 110 valence electrons. The molecule has 7 heteroatoms. The molecular weight excluding hydrogens is 360 g/mol. The molecule has 0 unspecified atom stereocenters. The summed E-state index contributed by atoms with van der Waals surface area (Å²) in [6.45, 7) is 0. The van der Waals surface area contributed by atoms with Gasteiger partial charge in [-0.3, -0.25) is 4.72 Å². The Bertz CT molecular complexity index is 611. The standard InChI is InChI=1S/C13H17BrN2O2S2/c14-11-8-9(13(15)19)6-7-12(11)16-20(17,18)10-4-2-1-3-5-10/h6-8,10,16H,1-5H2,(H2,15,19). The Hall–Kier alpha value is -0.660. The molecule has 1 aromatic carbocycles. The monoisotopic (exact) mass is 376 g/mol. The average molecular weight is 377 g/mol. The van der Waals surface area contributed by atoms with Crippen LogP contribution in [0, 0.1) is 0 Å². The molecule has 0 spiro atoms. The highest BCUT2D eigenvalue weighted by molar-refractivity contribution is 9.10. The number of nitrogens with one attached hydrogen (secondary N) is 1. The van der Waals surface area contributed by atoms with E-state index in [1.165, 1.54) is 0 Å². The van der Waals surface area contributed by atoms with Crippen molar-refractivity contribution in [1.29, 1.82) is 0 Å². The fraction of sp³-hybridized carbons (Fsp3) is 0.462. The Morgan fingerprint density at radius 3 is 2.50 bits per heavy atom. The van der Waals surface area contributed by atoms with Crippen LogP contribution >= 0.6 is 28.1 Å². The third kappa shape index (κ3) is 3.71. The van der Waals surface area contributed by atoms with Gasteiger partial charge in [0, 0.05) is 10.0 Å². The molecule has 0 aliphatic heterocycles. The number of rotatable bonds is 4. The highest BCUT2D eigenvalue weighted by Gasteiger charge is 2.27. The van der Waals surface area contributed by atoms with Crippen LogP contribution in [0.25, 0.3) is 0 Å². The highest BCUT2D eigenvalue weighted by atomic mass is 79.9. The molecular formula is C13H17BrN2O2S2. The van der Waals surface area contributed by atoms with Crippen LogP contribution in [0.4, 0.5) is 5.69 Å². The van der Waals surface area contributed by atoms with Crippen molar-refractivity contribution in [2.75, 3.05) is 4.72 Å². The molecule has 1 fully saturated rings. The van der Waals surface area contributed by atoms with Crippen molar-refractivity contribution in [3.05, 3.63) is 28.2 Å². The van der Waals surface area contributed by atoms with Crippen molar-refractivity contribution < 1.29 is 8.42 Å². The van der Waals surface area contributed by atoms with Gasteiger partial charge in [0.2, 0.25) is 10.0 Å². The van der Waals surface area contributed by atoms with Crippen LogP contribution in [-0.2, 0) is 10.0 Å². The predicted octanol–water partition coefficient (Wildman–Crippen LogP) is 3.16. The molecule has 0 heterocycles. The van der Waals surface area contributed by atoms with E-state index in [2.05, 4.69) is 20.7 Å². The normalized spacial score (nSPS) is 16.9. The van der Waals surface area contributed by atoms with Crippen molar-refractivity contribution >= 4 is 48.8 Å². The van der Waals surface area contributed by atoms with Crippen molar-refractivity contribution in [1.82, 2.24) is 0 Å². The van der Waals surface area contributed by atoms with E-state index in [1.54, 1.807) is 18.2 Å². The lowest BCUT2D eigenvalue weighted by Crippen LogP contribution is -2.29. The van der Waals surface area contributed by atoms with Gasteiger partial charge in [0.1, 0.15) is 4.99 Å². The zero-order valence-electron chi connectivity index (χ0n) is 10.9. The number of nitrogens with two attached hydrogens (primary N) is 1. The Labute approximate surface area is 133 Å². The third-order valence-corrected chi connectivity index (χ3v) is 6.24. The molecule has 0 amide bonds. The predicted molar refractivity (Wildman–Crippen MR) is 89.4 cm³/mol. The topological polar surface area (TPSA) is 72.2 Å². The van der Waals surface area contributed by atoms with Crippen LogP contribution in [0.3, 0.4) is 0 Å². The summed E-state index contributed by atoms with van der Waals surface area (Å²) in [6, 6.07) is 5.12. The van der Waals surface area contributed by atoms with E-state index >= 15 is 0 Å². The van der Waals surface area contributed by atoms with E-state index in [0.29, 0.717) is 15.7 Å². The second-order valence-electron chi connectivity index (χ2n) is 4.97. The zero-order chi connectivity index (χ0) is 14.8. The molecule has 1 aliphatic carbocycles. The number of hydrogen-bond donors (Lipinski definition) is 2. The summed E-state index contributed by atoms with van der Waals surface area (Å²) in [6.07, 6.45) is 4.55. The second kappa shape index (κ2) is 6.41.